The number of hydrogen-bond acceptors (Lipinski definition) is 4. The minimum Gasteiger partial charge on any atom is -0.493 e. The van der Waals surface area contributed by atoms with Crippen molar-refractivity contribution in [1.82, 2.24) is 0 Å². The molecule has 0 aromatic heterocycles. The van der Waals surface area contributed by atoms with Gasteiger partial charge in [0.2, 0.25) is 11.8 Å². The topological polar surface area (TPSA) is 67.9 Å². The maximum Gasteiger partial charge on any atom is 0.224 e. The van der Waals surface area contributed by atoms with Crippen molar-refractivity contribution in [3.05, 3.63) is 47.5 Å². The Labute approximate surface area is 165 Å². The predicted molar refractivity (Wildman–Crippen MR) is 109 cm³/mol. The molecule has 1 aliphatic rings. The molecule has 2 aromatic carbocycles. The van der Waals surface area contributed by atoms with Crippen LogP contribution in [-0.4, -0.2) is 32.6 Å². The summed E-state index contributed by atoms with van der Waals surface area (Å²) < 4.78 is 10.6. The van der Waals surface area contributed by atoms with E-state index in [-0.39, 0.29) is 11.8 Å². The number of carbonyl (C=O) groups excluding carboxylic acids is 2. The first kappa shape index (κ1) is 19.7. The molecule has 0 aliphatic carbocycles. The van der Waals surface area contributed by atoms with E-state index in [4.69, 9.17) is 9.47 Å². The number of anilines is 2. The largest absolute Gasteiger partial charge is 0.493 e. The first-order valence-electron chi connectivity index (χ1n) is 9.43. The maximum atomic E-state index is 12.3. The molecule has 1 heterocycles. The van der Waals surface area contributed by atoms with E-state index in [1.54, 1.807) is 26.0 Å². The van der Waals surface area contributed by atoms with Crippen molar-refractivity contribution >= 4 is 23.2 Å². The lowest BCUT2D eigenvalue weighted by molar-refractivity contribution is -0.117. The van der Waals surface area contributed by atoms with Gasteiger partial charge in [-0.3, -0.25) is 9.59 Å². The Morgan fingerprint density at radius 2 is 1.86 bits per heavy atom. The zero-order valence-corrected chi connectivity index (χ0v) is 16.6. The van der Waals surface area contributed by atoms with Crippen LogP contribution >= 0.6 is 0 Å². The van der Waals surface area contributed by atoms with Gasteiger partial charge < -0.3 is 19.7 Å². The fourth-order valence-corrected chi connectivity index (χ4v) is 3.50. The van der Waals surface area contributed by atoms with Gasteiger partial charge in [0.05, 0.1) is 14.2 Å². The van der Waals surface area contributed by atoms with Crippen LogP contribution < -0.4 is 19.7 Å². The molecular formula is C22H26N2O4. The third-order valence-electron chi connectivity index (χ3n) is 4.96. The highest BCUT2D eigenvalue weighted by Gasteiger charge is 2.22. The number of methoxy groups -OCH3 is 2. The van der Waals surface area contributed by atoms with Crippen LogP contribution in [0, 0.1) is 0 Å². The smallest absolute Gasteiger partial charge is 0.224 e. The zero-order chi connectivity index (χ0) is 20.1. The molecule has 0 unspecified atom stereocenters. The number of carbonyl (C=O) groups is 2. The maximum absolute atomic E-state index is 12.3. The Morgan fingerprint density at radius 1 is 1.07 bits per heavy atom. The second kappa shape index (κ2) is 8.78. The number of nitrogens with zero attached hydrogens (tertiary/aromatic N) is 1. The molecular weight excluding hydrogens is 356 g/mol. The molecule has 28 heavy (non-hydrogen) atoms. The monoisotopic (exact) mass is 382 g/mol. The molecule has 0 spiro atoms. The van der Waals surface area contributed by atoms with Crippen LogP contribution in [0.2, 0.25) is 0 Å². The van der Waals surface area contributed by atoms with E-state index in [1.165, 1.54) is 0 Å². The van der Waals surface area contributed by atoms with E-state index in [9.17, 15) is 9.59 Å². The van der Waals surface area contributed by atoms with E-state index in [0.717, 1.165) is 41.8 Å². The zero-order valence-electron chi connectivity index (χ0n) is 16.6. The number of benzene rings is 2. The lowest BCUT2D eigenvalue weighted by atomic mass is 10.1. The van der Waals surface area contributed by atoms with Crippen LogP contribution in [0.5, 0.6) is 11.5 Å². The number of aryl methyl sites for hydroxylation is 1. The standard InChI is InChI=1S/C22H26N2O4/c1-15(25)24-12-11-17-8-9-18(14-19(17)24)23-22(26)6-4-5-16-7-10-20(27-2)21(13-16)28-3/h7-10,13-14H,4-6,11-12H2,1-3H3,(H,23,26). The summed E-state index contributed by atoms with van der Waals surface area (Å²) in [7, 11) is 3.22. The van der Waals surface area contributed by atoms with Crippen molar-refractivity contribution in [3.8, 4) is 11.5 Å². The highest BCUT2D eigenvalue weighted by atomic mass is 16.5. The summed E-state index contributed by atoms with van der Waals surface area (Å²) in [5, 5.41) is 2.94. The van der Waals surface area contributed by atoms with Crippen LogP contribution in [0.3, 0.4) is 0 Å². The van der Waals surface area contributed by atoms with E-state index < -0.39 is 0 Å². The Kier molecular flexibility index (Phi) is 6.19. The molecule has 2 aromatic rings. The number of rotatable bonds is 7. The normalized spacial score (nSPS) is 12.5. The van der Waals surface area contributed by atoms with Crippen molar-refractivity contribution in [3.63, 3.8) is 0 Å². The molecule has 0 fully saturated rings. The van der Waals surface area contributed by atoms with Crippen molar-refractivity contribution < 1.29 is 19.1 Å². The first-order chi connectivity index (χ1) is 13.5. The number of hydrogen-bond donors (Lipinski definition) is 1. The van der Waals surface area contributed by atoms with Crippen LogP contribution in [0.4, 0.5) is 11.4 Å². The second-order valence-corrected chi connectivity index (χ2v) is 6.86. The molecule has 1 aliphatic heterocycles. The van der Waals surface area contributed by atoms with Crippen LogP contribution in [0.25, 0.3) is 0 Å². The lowest BCUT2D eigenvalue weighted by Gasteiger charge is -2.16. The minimum atomic E-state index is -0.0344. The van der Waals surface area contributed by atoms with Crippen molar-refractivity contribution in [2.75, 3.05) is 31.0 Å². The quantitative estimate of drug-likeness (QED) is 0.795. The van der Waals surface area contributed by atoms with Crippen molar-refractivity contribution in [1.29, 1.82) is 0 Å². The third-order valence-corrected chi connectivity index (χ3v) is 4.96. The van der Waals surface area contributed by atoms with Crippen LogP contribution in [-0.2, 0) is 22.4 Å². The van der Waals surface area contributed by atoms with Gasteiger partial charge >= 0.3 is 0 Å². The van der Waals surface area contributed by atoms with Gasteiger partial charge in [0.25, 0.3) is 0 Å². The molecule has 148 valence electrons. The number of ether oxygens (including phenoxy) is 2. The Bertz CT molecular complexity index is 879. The van der Waals surface area contributed by atoms with Crippen LogP contribution in [0.15, 0.2) is 36.4 Å². The lowest BCUT2D eigenvalue weighted by Crippen LogP contribution is -2.25. The van der Waals surface area contributed by atoms with Gasteiger partial charge in [-0.25, -0.2) is 0 Å². The van der Waals surface area contributed by atoms with E-state index in [0.29, 0.717) is 24.5 Å². The van der Waals surface area contributed by atoms with Crippen molar-refractivity contribution in [2.45, 2.75) is 32.6 Å². The number of nitrogens with one attached hydrogen (secondary N) is 1. The Hall–Kier alpha value is -3.02. The SMILES string of the molecule is COc1ccc(CCCC(=O)Nc2ccc3c(c2)N(C(C)=O)CC3)cc1OC. The summed E-state index contributed by atoms with van der Waals surface area (Å²) in [6.45, 7) is 2.27. The summed E-state index contributed by atoms with van der Waals surface area (Å²) >= 11 is 0. The highest BCUT2D eigenvalue weighted by Crippen LogP contribution is 2.31. The van der Waals surface area contributed by atoms with Gasteiger partial charge in [0.1, 0.15) is 0 Å². The van der Waals surface area contributed by atoms with Gasteiger partial charge in [-0.2, -0.15) is 0 Å². The molecule has 0 saturated heterocycles. The molecule has 0 radical (unpaired) electrons. The molecule has 0 bridgehead atoms. The minimum absolute atomic E-state index is 0.0251. The van der Waals surface area contributed by atoms with Crippen molar-refractivity contribution in [2.24, 2.45) is 0 Å². The summed E-state index contributed by atoms with van der Waals surface area (Å²) in [5.41, 5.74) is 3.86. The second-order valence-electron chi connectivity index (χ2n) is 6.86. The number of fused-ring (bicyclic) bond motifs is 1. The van der Waals surface area contributed by atoms with Gasteiger partial charge in [-0.05, 0) is 54.7 Å². The van der Waals surface area contributed by atoms with E-state index >= 15 is 0 Å². The molecule has 0 saturated carbocycles. The molecule has 0 atom stereocenters. The molecule has 2 amide bonds. The molecule has 3 rings (SSSR count). The molecule has 6 heteroatoms. The first-order valence-corrected chi connectivity index (χ1v) is 9.43. The third kappa shape index (κ3) is 4.44. The number of amides is 2. The fourth-order valence-electron chi connectivity index (χ4n) is 3.50. The summed E-state index contributed by atoms with van der Waals surface area (Å²) in [4.78, 5) is 25.8. The summed E-state index contributed by atoms with van der Waals surface area (Å²) in [6.07, 6.45) is 2.78. The van der Waals surface area contributed by atoms with Gasteiger partial charge in [-0.1, -0.05) is 12.1 Å². The molecule has 6 nitrogen and oxygen atoms in total. The van der Waals surface area contributed by atoms with Gasteiger partial charge in [-0.15, -0.1) is 0 Å². The Morgan fingerprint density at radius 3 is 2.57 bits per heavy atom. The predicted octanol–water partition coefficient (Wildman–Crippen LogP) is 3.57. The van der Waals surface area contributed by atoms with E-state index in [2.05, 4.69) is 5.32 Å². The van der Waals surface area contributed by atoms with Gasteiger partial charge in [0, 0.05) is 31.3 Å². The summed E-state index contributed by atoms with van der Waals surface area (Å²) in [6, 6.07) is 11.6. The average Bonchev–Trinajstić information content (AvgIpc) is 3.11. The highest BCUT2D eigenvalue weighted by molar-refractivity contribution is 5.96. The van der Waals surface area contributed by atoms with Crippen LogP contribution in [0.1, 0.15) is 30.9 Å². The van der Waals surface area contributed by atoms with Gasteiger partial charge in [0.15, 0.2) is 11.5 Å². The Balaban J connectivity index is 1.54. The fraction of sp³-hybridized carbons (Fsp3) is 0.364. The van der Waals surface area contributed by atoms with E-state index in [1.807, 2.05) is 36.4 Å². The average molecular weight is 382 g/mol. The molecule has 1 N–H and O–H groups in total. The summed E-state index contributed by atoms with van der Waals surface area (Å²) in [5.74, 6) is 1.38.